The van der Waals surface area contributed by atoms with E-state index in [1.54, 1.807) is 0 Å². The minimum absolute atomic E-state index is 0.931. The van der Waals surface area contributed by atoms with Crippen LogP contribution in [0.25, 0.3) is 0 Å². The second-order valence-electron chi connectivity index (χ2n) is 2.04. The third kappa shape index (κ3) is 1.19. The maximum Gasteiger partial charge on any atom is 0.0604 e. The Morgan fingerprint density at radius 1 is 1.78 bits per heavy atom. The molecule has 0 saturated carbocycles. The first kappa shape index (κ1) is 6.08. The van der Waals surface area contributed by atoms with Crippen molar-refractivity contribution in [2.24, 2.45) is 10.9 Å². The van der Waals surface area contributed by atoms with Crippen molar-refractivity contribution in [3.05, 3.63) is 23.8 Å². The summed E-state index contributed by atoms with van der Waals surface area (Å²) in [5.74, 6) is 5.07. The molecule has 0 aromatic rings. The number of hydrogen-bond donors (Lipinski definition) is 1. The molecule has 0 amide bonds. The van der Waals surface area contributed by atoms with E-state index in [0.717, 1.165) is 12.1 Å². The zero-order chi connectivity index (χ0) is 6.69. The van der Waals surface area contributed by atoms with Gasteiger partial charge in [0.15, 0.2) is 0 Å². The molecule has 1 aliphatic carbocycles. The molecule has 1 aliphatic rings. The van der Waals surface area contributed by atoms with E-state index >= 15 is 0 Å². The highest BCUT2D eigenvalue weighted by atomic mass is 15.1. The Morgan fingerprint density at radius 2 is 2.56 bits per heavy atom. The molecule has 0 spiro atoms. The predicted molar refractivity (Wildman–Crippen MR) is 39.1 cm³/mol. The molecule has 0 atom stereocenters. The number of allylic oxidation sites excluding steroid dienone is 4. The van der Waals surface area contributed by atoms with Gasteiger partial charge in [-0.1, -0.05) is 18.2 Å². The van der Waals surface area contributed by atoms with Gasteiger partial charge in [0.1, 0.15) is 0 Å². The molecule has 0 aromatic carbocycles. The Kier molecular flexibility index (Phi) is 1.68. The van der Waals surface area contributed by atoms with Gasteiger partial charge in [-0.25, -0.2) is 0 Å². The number of hydrazone groups is 1. The van der Waals surface area contributed by atoms with E-state index in [1.807, 2.05) is 19.1 Å². The summed E-state index contributed by atoms with van der Waals surface area (Å²) in [5, 5.41) is 3.58. The lowest BCUT2D eigenvalue weighted by Crippen LogP contribution is -1.98. The highest BCUT2D eigenvalue weighted by Gasteiger charge is 2.00. The molecular formula is C7H10N2. The number of hydrogen-bond acceptors (Lipinski definition) is 2. The van der Waals surface area contributed by atoms with Gasteiger partial charge < -0.3 is 5.84 Å². The molecular weight excluding hydrogens is 112 g/mol. The zero-order valence-corrected chi connectivity index (χ0v) is 5.46. The highest BCUT2D eigenvalue weighted by Crippen LogP contribution is 2.10. The second kappa shape index (κ2) is 2.49. The fourth-order valence-corrected chi connectivity index (χ4v) is 0.798. The van der Waals surface area contributed by atoms with Gasteiger partial charge in [-0.3, -0.25) is 0 Å². The summed E-state index contributed by atoms with van der Waals surface area (Å²) in [7, 11) is 0. The van der Waals surface area contributed by atoms with Gasteiger partial charge in [0.2, 0.25) is 0 Å². The van der Waals surface area contributed by atoms with Gasteiger partial charge in [0.05, 0.1) is 5.71 Å². The molecule has 48 valence electrons. The van der Waals surface area contributed by atoms with Crippen LogP contribution in [0.15, 0.2) is 28.9 Å². The summed E-state index contributed by atoms with van der Waals surface area (Å²) in [6, 6.07) is 0. The molecule has 0 unspecified atom stereocenters. The van der Waals surface area contributed by atoms with Crippen LogP contribution >= 0.6 is 0 Å². The standard InChI is InChI=1S/C7H10N2/c1-6(9-8)7-4-2-3-5-7/h2-4H,5,8H2,1H3/b9-6-. The Balaban J connectivity index is 2.66. The van der Waals surface area contributed by atoms with Gasteiger partial charge in [-0.2, -0.15) is 5.10 Å². The molecule has 0 radical (unpaired) electrons. The van der Waals surface area contributed by atoms with Crippen molar-refractivity contribution in [2.75, 3.05) is 0 Å². The molecule has 0 aromatic heterocycles. The lowest BCUT2D eigenvalue weighted by molar-refractivity contribution is 1.21. The second-order valence-corrected chi connectivity index (χ2v) is 2.04. The molecule has 0 fully saturated rings. The summed E-state index contributed by atoms with van der Waals surface area (Å²) in [6.07, 6.45) is 7.12. The van der Waals surface area contributed by atoms with Gasteiger partial charge >= 0.3 is 0 Å². The Labute approximate surface area is 54.7 Å². The molecule has 2 nitrogen and oxygen atoms in total. The van der Waals surface area contributed by atoms with Gasteiger partial charge in [-0.15, -0.1) is 0 Å². The zero-order valence-electron chi connectivity index (χ0n) is 5.46. The molecule has 0 aliphatic heterocycles. The lowest BCUT2D eigenvalue weighted by Gasteiger charge is -1.95. The van der Waals surface area contributed by atoms with Crippen LogP contribution in [0.4, 0.5) is 0 Å². The number of nitrogens with two attached hydrogens (primary N) is 1. The first-order chi connectivity index (χ1) is 4.34. The van der Waals surface area contributed by atoms with E-state index in [9.17, 15) is 0 Å². The van der Waals surface area contributed by atoms with Crippen molar-refractivity contribution in [1.82, 2.24) is 0 Å². The van der Waals surface area contributed by atoms with Gasteiger partial charge in [0.25, 0.3) is 0 Å². The predicted octanol–water partition coefficient (Wildman–Crippen LogP) is 1.21. The van der Waals surface area contributed by atoms with Crippen molar-refractivity contribution in [3.63, 3.8) is 0 Å². The molecule has 2 N–H and O–H groups in total. The average Bonchev–Trinajstić information content (AvgIpc) is 2.37. The Bertz CT molecular complexity index is 187. The molecule has 0 bridgehead atoms. The van der Waals surface area contributed by atoms with Crippen LogP contribution in [0.2, 0.25) is 0 Å². The summed E-state index contributed by atoms with van der Waals surface area (Å²) < 4.78 is 0. The summed E-state index contributed by atoms with van der Waals surface area (Å²) in [6.45, 7) is 1.92. The number of rotatable bonds is 1. The fraction of sp³-hybridized carbons (Fsp3) is 0.286. The van der Waals surface area contributed by atoms with Crippen molar-refractivity contribution in [2.45, 2.75) is 13.3 Å². The van der Waals surface area contributed by atoms with Crippen LogP contribution in [0.5, 0.6) is 0 Å². The monoisotopic (exact) mass is 122 g/mol. The van der Waals surface area contributed by atoms with Crippen LogP contribution in [-0.4, -0.2) is 5.71 Å². The van der Waals surface area contributed by atoms with E-state index in [-0.39, 0.29) is 0 Å². The highest BCUT2D eigenvalue weighted by molar-refractivity contribution is 5.99. The Hall–Kier alpha value is -1.05. The molecule has 0 saturated heterocycles. The summed E-state index contributed by atoms with van der Waals surface area (Å²) in [5.41, 5.74) is 2.15. The first-order valence-electron chi connectivity index (χ1n) is 2.95. The largest absolute Gasteiger partial charge is 0.323 e. The molecule has 9 heavy (non-hydrogen) atoms. The number of nitrogens with zero attached hydrogens (tertiary/aromatic N) is 1. The average molecular weight is 122 g/mol. The summed E-state index contributed by atoms with van der Waals surface area (Å²) >= 11 is 0. The van der Waals surface area contributed by atoms with Gasteiger partial charge in [-0.05, 0) is 18.9 Å². The maximum atomic E-state index is 5.07. The van der Waals surface area contributed by atoms with Crippen LogP contribution in [-0.2, 0) is 0 Å². The molecule has 0 heterocycles. The smallest absolute Gasteiger partial charge is 0.0604 e. The van der Waals surface area contributed by atoms with E-state index in [2.05, 4.69) is 11.2 Å². The normalized spacial score (nSPS) is 18.3. The van der Waals surface area contributed by atoms with E-state index < -0.39 is 0 Å². The van der Waals surface area contributed by atoms with Crippen molar-refractivity contribution >= 4 is 5.71 Å². The van der Waals surface area contributed by atoms with Gasteiger partial charge in [0, 0.05) is 0 Å². The summed E-state index contributed by atoms with van der Waals surface area (Å²) in [4.78, 5) is 0. The van der Waals surface area contributed by atoms with Crippen LogP contribution in [0, 0.1) is 0 Å². The van der Waals surface area contributed by atoms with Crippen molar-refractivity contribution in [1.29, 1.82) is 0 Å². The quantitative estimate of drug-likeness (QED) is 0.317. The van der Waals surface area contributed by atoms with Crippen molar-refractivity contribution in [3.8, 4) is 0 Å². The van der Waals surface area contributed by atoms with E-state index in [1.165, 1.54) is 5.57 Å². The molecule has 2 heteroatoms. The van der Waals surface area contributed by atoms with Crippen LogP contribution in [0.1, 0.15) is 13.3 Å². The Morgan fingerprint density at radius 3 is 3.00 bits per heavy atom. The minimum Gasteiger partial charge on any atom is -0.323 e. The lowest BCUT2D eigenvalue weighted by atomic mass is 10.1. The third-order valence-corrected chi connectivity index (χ3v) is 1.43. The van der Waals surface area contributed by atoms with Crippen LogP contribution < -0.4 is 5.84 Å². The van der Waals surface area contributed by atoms with E-state index in [0.29, 0.717) is 0 Å². The maximum absolute atomic E-state index is 5.07. The first-order valence-corrected chi connectivity index (χ1v) is 2.95. The van der Waals surface area contributed by atoms with E-state index in [4.69, 9.17) is 5.84 Å². The molecule has 1 rings (SSSR count). The minimum atomic E-state index is 0.931. The SMILES string of the molecule is C/C(=N/N)C1=CC=CC1. The fourth-order valence-electron chi connectivity index (χ4n) is 0.798. The topological polar surface area (TPSA) is 38.4 Å². The van der Waals surface area contributed by atoms with Crippen molar-refractivity contribution < 1.29 is 0 Å². The third-order valence-electron chi connectivity index (χ3n) is 1.43. The van der Waals surface area contributed by atoms with Crippen LogP contribution in [0.3, 0.4) is 0 Å².